The third kappa shape index (κ3) is 5.37. The molecule has 0 radical (unpaired) electrons. The van der Waals surface area contributed by atoms with Gasteiger partial charge in [0.2, 0.25) is 0 Å². The Balaban J connectivity index is 2.92. The van der Waals surface area contributed by atoms with E-state index in [2.05, 4.69) is 11.0 Å². The Hall–Kier alpha value is -1.93. The fraction of sp³-hybridized carbons (Fsp3) is 0.533. The zero-order valence-corrected chi connectivity index (χ0v) is 12.4. The van der Waals surface area contributed by atoms with E-state index in [1.807, 2.05) is 32.0 Å². The number of hydrogen-bond acceptors (Lipinski definition) is 5. The lowest BCUT2D eigenvalue weighted by Gasteiger charge is -2.24. The summed E-state index contributed by atoms with van der Waals surface area (Å²) in [5.74, 6) is 0.745. The smallest absolute Gasteiger partial charge is 0.123 e. The van der Waals surface area contributed by atoms with Gasteiger partial charge in [0.05, 0.1) is 25.2 Å². The highest BCUT2D eigenvalue weighted by molar-refractivity contribution is 5.60. The molecule has 5 nitrogen and oxygen atoms in total. The number of nitrogens with zero attached hydrogens (tertiary/aromatic N) is 2. The standard InChI is InChI=1S/C15H23N3O2/c1-12(2)20-15-10-13(17)9-14(11-15)18(6-4-5-16)7-8-19-3/h9-12H,4,6-8,17H2,1-3H3. The molecule has 0 aliphatic heterocycles. The van der Waals surface area contributed by atoms with E-state index in [0.29, 0.717) is 31.8 Å². The predicted octanol–water partition coefficient (Wildman–Crippen LogP) is 2.42. The molecule has 0 bridgehead atoms. The van der Waals surface area contributed by atoms with Crippen molar-refractivity contribution in [1.29, 1.82) is 5.26 Å². The van der Waals surface area contributed by atoms with Crippen LogP contribution in [0.15, 0.2) is 18.2 Å². The summed E-state index contributed by atoms with van der Waals surface area (Å²) in [5.41, 5.74) is 7.53. The van der Waals surface area contributed by atoms with Crippen molar-refractivity contribution in [3.63, 3.8) is 0 Å². The number of nitriles is 1. The Bertz CT molecular complexity index is 455. The van der Waals surface area contributed by atoms with E-state index in [0.717, 1.165) is 11.4 Å². The van der Waals surface area contributed by atoms with Gasteiger partial charge in [-0.05, 0) is 19.9 Å². The summed E-state index contributed by atoms with van der Waals surface area (Å²) in [6.07, 6.45) is 0.551. The molecular weight excluding hydrogens is 254 g/mol. The van der Waals surface area contributed by atoms with E-state index < -0.39 is 0 Å². The first-order chi connectivity index (χ1) is 9.56. The largest absolute Gasteiger partial charge is 0.491 e. The maximum atomic E-state index is 8.76. The first-order valence-corrected chi connectivity index (χ1v) is 6.75. The van der Waals surface area contributed by atoms with Gasteiger partial charge in [0, 0.05) is 43.7 Å². The molecule has 1 aromatic carbocycles. The molecule has 0 atom stereocenters. The second-order valence-electron chi connectivity index (χ2n) is 4.81. The van der Waals surface area contributed by atoms with E-state index in [9.17, 15) is 0 Å². The van der Waals surface area contributed by atoms with Crippen LogP contribution >= 0.6 is 0 Å². The van der Waals surface area contributed by atoms with Crippen LogP contribution in [-0.4, -0.2) is 32.9 Å². The number of anilines is 2. The highest BCUT2D eigenvalue weighted by atomic mass is 16.5. The Morgan fingerprint density at radius 2 is 2.05 bits per heavy atom. The molecule has 0 heterocycles. The van der Waals surface area contributed by atoms with Crippen molar-refractivity contribution in [3.8, 4) is 11.8 Å². The maximum Gasteiger partial charge on any atom is 0.123 e. The van der Waals surface area contributed by atoms with Crippen LogP contribution < -0.4 is 15.4 Å². The van der Waals surface area contributed by atoms with Gasteiger partial charge in [-0.1, -0.05) is 0 Å². The molecule has 0 unspecified atom stereocenters. The second kappa shape index (κ2) is 8.28. The topological polar surface area (TPSA) is 71.5 Å². The normalized spacial score (nSPS) is 10.3. The Morgan fingerprint density at radius 1 is 1.30 bits per heavy atom. The third-order valence-corrected chi connectivity index (χ3v) is 2.71. The first kappa shape index (κ1) is 16.1. The minimum Gasteiger partial charge on any atom is -0.491 e. The summed E-state index contributed by atoms with van der Waals surface area (Å²) in [6.45, 7) is 5.90. The number of ether oxygens (including phenoxy) is 2. The van der Waals surface area contributed by atoms with Crippen molar-refractivity contribution in [3.05, 3.63) is 18.2 Å². The van der Waals surface area contributed by atoms with E-state index in [1.54, 1.807) is 7.11 Å². The minimum atomic E-state index is 0.0937. The Labute approximate surface area is 120 Å². The van der Waals surface area contributed by atoms with Gasteiger partial charge in [0.25, 0.3) is 0 Å². The van der Waals surface area contributed by atoms with Gasteiger partial charge in [-0.25, -0.2) is 0 Å². The quantitative estimate of drug-likeness (QED) is 0.739. The van der Waals surface area contributed by atoms with Crippen molar-refractivity contribution in [1.82, 2.24) is 0 Å². The lowest BCUT2D eigenvalue weighted by molar-refractivity contribution is 0.205. The van der Waals surface area contributed by atoms with Crippen LogP contribution in [0.5, 0.6) is 5.75 Å². The summed E-state index contributed by atoms with van der Waals surface area (Å²) in [4.78, 5) is 2.08. The van der Waals surface area contributed by atoms with Gasteiger partial charge in [-0.2, -0.15) is 5.26 Å². The van der Waals surface area contributed by atoms with Gasteiger partial charge >= 0.3 is 0 Å². The molecular formula is C15H23N3O2. The summed E-state index contributed by atoms with van der Waals surface area (Å²) in [6, 6.07) is 7.81. The molecule has 1 aromatic rings. The lowest BCUT2D eigenvalue weighted by Crippen LogP contribution is -2.28. The number of methoxy groups -OCH3 is 1. The van der Waals surface area contributed by atoms with Gasteiger partial charge < -0.3 is 20.1 Å². The molecule has 1 rings (SSSR count). The average Bonchev–Trinajstić information content (AvgIpc) is 2.37. The molecule has 0 saturated heterocycles. The Kier molecular flexibility index (Phi) is 6.68. The van der Waals surface area contributed by atoms with Crippen LogP contribution in [0.3, 0.4) is 0 Å². The second-order valence-corrected chi connectivity index (χ2v) is 4.81. The lowest BCUT2D eigenvalue weighted by atomic mass is 10.2. The van der Waals surface area contributed by atoms with Crippen molar-refractivity contribution in [2.75, 3.05) is 37.4 Å². The predicted molar refractivity (Wildman–Crippen MR) is 80.9 cm³/mol. The van der Waals surface area contributed by atoms with Gasteiger partial charge in [-0.3, -0.25) is 0 Å². The fourth-order valence-electron chi connectivity index (χ4n) is 1.89. The molecule has 2 N–H and O–H groups in total. The monoisotopic (exact) mass is 277 g/mol. The SMILES string of the molecule is COCCN(CCC#N)c1cc(N)cc(OC(C)C)c1. The highest BCUT2D eigenvalue weighted by Gasteiger charge is 2.09. The number of hydrogen-bond donors (Lipinski definition) is 1. The van der Waals surface area contributed by atoms with Crippen molar-refractivity contribution >= 4 is 11.4 Å². The van der Waals surface area contributed by atoms with Crippen molar-refractivity contribution < 1.29 is 9.47 Å². The summed E-state index contributed by atoms with van der Waals surface area (Å²) < 4.78 is 10.8. The zero-order valence-electron chi connectivity index (χ0n) is 12.4. The van der Waals surface area contributed by atoms with Gasteiger partial charge in [-0.15, -0.1) is 0 Å². The molecule has 0 aliphatic carbocycles. The molecule has 0 aromatic heterocycles. The molecule has 5 heteroatoms. The van der Waals surface area contributed by atoms with E-state index in [-0.39, 0.29) is 6.10 Å². The number of benzene rings is 1. The average molecular weight is 277 g/mol. The number of rotatable bonds is 8. The molecule has 110 valence electrons. The van der Waals surface area contributed by atoms with Crippen LogP contribution in [0.1, 0.15) is 20.3 Å². The Morgan fingerprint density at radius 3 is 2.65 bits per heavy atom. The van der Waals surface area contributed by atoms with Crippen LogP contribution in [0.25, 0.3) is 0 Å². The minimum absolute atomic E-state index is 0.0937. The number of nitrogens with two attached hydrogens (primary N) is 1. The third-order valence-electron chi connectivity index (χ3n) is 2.71. The van der Waals surface area contributed by atoms with Crippen LogP contribution in [0.2, 0.25) is 0 Å². The summed E-state index contributed by atoms with van der Waals surface area (Å²) in [5, 5.41) is 8.76. The molecule has 0 saturated carbocycles. The summed E-state index contributed by atoms with van der Waals surface area (Å²) in [7, 11) is 1.66. The first-order valence-electron chi connectivity index (χ1n) is 6.75. The molecule has 0 fully saturated rings. The van der Waals surface area contributed by atoms with Crippen LogP contribution in [0, 0.1) is 11.3 Å². The van der Waals surface area contributed by atoms with Crippen molar-refractivity contribution in [2.45, 2.75) is 26.4 Å². The van der Waals surface area contributed by atoms with Crippen molar-refractivity contribution in [2.24, 2.45) is 0 Å². The highest BCUT2D eigenvalue weighted by Crippen LogP contribution is 2.26. The van der Waals surface area contributed by atoms with E-state index >= 15 is 0 Å². The maximum absolute atomic E-state index is 8.76. The molecule has 0 spiro atoms. The molecule has 0 amide bonds. The zero-order chi connectivity index (χ0) is 15.0. The fourth-order valence-corrected chi connectivity index (χ4v) is 1.89. The summed E-state index contributed by atoms with van der Waals surface area (Å²) >= 11 is 0. The molecule has 20 heavy (non-hydrogen) atoms. The van der Waals surface area contributed by atoms with Crippen LogP contribution in [0.4, 0.5) is 11.4 Å². The van der Waals surface area contributed by atoms with E-state index in [4.69, 9.17) is 20.5 Å². The van der Waals surface area contributed by atoms with Crippen LogP contribution in [-0.2, 0) is 4.74 Å². The molecule has 0 aliphatic rings. The van der Waals surface area contributed by atoms with E-state index in [1.165, 1.54) is 0 Å². The van der Waals surface area contributed by atoms with Gasteiger partial charge in [0.15, 0.2) is 0 Å². The number of nitrogen functional groups attached to an aromatic ring is 1. The van der Waals surface area contributed by atoms with Gasteiger partial charge in [0.1, 0.15) is 5.75 Å².